The summed E-state index contributed by atoms with van der Waals surface area (Å²) in [5.74, 6) is 0.215. The summed E-state index contributed by atoms with van der Waals surface area (Å²) < 4.78 is 0. The van der Waals surface area contributed by atoms with Crippen molar-refractivity contribution in [3.05, 3.63) is 24.0 Å². The lowest BCUT2D eigenvalue weighted by molar-refractivity contribution is -0.117. The van der Waals surface area contributed by atoms with Gasteiger partial charge in [0.2, 0.25) is 0 Å². The molecule has 1 rings (SSSR count). The van der Waals surface area contributed by atoms with E-state index in [1.165, 1.54) is 0 Å². The summed E-state index contributed by atoms with van der Waals surface area (Å²) in [6.45, 7) is 10.2. The largest absolute Gasteiger partial charge is 0.511 e. The molecule has 1 aliphatic carbocycles. The average molecular weight is 249 g/mol. The van der Waals surface area contributed by atoms with Crippen molar-refractivity contribution in [2.45, 2.75) is 46.5 Å². The standard InChI is InChI=1S/C15H23NO2/c1-5-7-11(16-8-6-2)14-12(17)9-15(3,4)10-13(14)18/h6,17H,2,5,7-10H2,1,3-4H3. The summed E-state index contributed by atoms with van der Waals surface area (Å²) in [6.07, 6.45) is 4.35. The Morgan fingerprint density at radius 3 is 2.67 bits per heavy atom. The van der Waals surface area contributed by atoms with Gasteiger partial charge in [-0.15, -0.1) is 6.58 Å². The van der Waals surface area contributed by atoms with Gasteiger partial charge in [0.15, 0.2) is 5.78 Å². The molecule has 1 aliphatic rings. The molecule has 0 bridgehead atoms. The van der Waals surface area contributed by atoms with E-state index in [0.29, 0.717) is 25.0 Å². The SMILES string of the molecule is C=CCN=C(CCC)C1=C(O)CC(C)(C)CC1=O. The van der Waals surface area contributed by atoms with E-state index in [-0.39, 0.29) is 17.0 Å². The molecule has 0 heterocycles. The molecule has 18 heavy (non-hydrogen) atoms. The highest BCUT2D eigenvalue weighted by Crippen LogP contribution is 2.36. The fourth-order valence-electron chi connectivity index (χ4n) is 2.31. The molecule has 3 heteroatoms. The minimum absolute atomic E-state index is 0.0139. The van der Waals surface area contributed by atoms with E-state index in [1.54, 1.807) is 6.08 Å². The average Bonchev–Trinajstić information content (AvgIpc) is 2.23. The van der Waals surface area contributed by atoms with Crippen molar-refractivity contribution in [1.82, 2.24) is 0 Å². The Hall–Kier alpha value is -1.38. The van der Waals surface area contributed by atoms with Crippen LogP contribution in [0.15, 0.2) is 29.0 Å². The minimum atomic E-state index is -0.152. The molecule has 3 nitrogen and oxygen atoms in total. The van der Waals surface area contributed by atoms with Crippen LogP contribution >= 0.6 is 0 Å². The van der Waals surface area contributed by atoms with Crippen molar-refractivity contribution < 1.29 is 9.90 Å². The maximum Gasteiger partial charge on any atom is 0.168 e. The van der Waals surface area contributed by atoms with Crippen LogP contribution in [0.25, 0.3) is 0 Å². The molecule has 0 fully saturated rings. The van der Waals surface area contributed by atoms with E-state index in [1.807, 2.05) is 20.8 Å². The highest BCUT2D eigenvalue weighted by atomic mass is 16.3. The Bertz CT molecular complexity index is 403. The number of ketones is 1. The van der Waals surface area contributed by atoms with Crippen molar-refractivity contribution in [1.29, 1.82) is 0 Å². The zero-order valence-electron chi connectivity index (χ0n) is 11.6. The van der Waals surface area contributed by atoms with Crippen LogP contribution in [-0.2, 0) is 4.79 Å². The number of carbonyl (C=O) groups excluding carboxylic acids is 1. The van der Waals surface area contributed by atoms with Gasteiger partial charge >= 0.3 is 0 Å². The number of nitrogens with zero attached hydrogens (tertiary/aromatic N) is 1. The summed E-state index contributed by atoms with van der Waals surface area (Å²) >= 11 is 0. The van der Waals surface area contributed by atoms with Crippen molar-refractivity contribution in [3.8, 4) is 0 Å². The summed E-state index contributed by atoms with van der Waals surface area (Å²) in [6, 6.07) is 0. The van der Waals surface area contributed by atoms with Crippen LogP contribution in [0.4, 0.5) is 0 Å². The first-order valence-electron chi connectivity index (χ1n) is 6.51. The number of aliphatic hydroxyl groups excluding tert-OH is 1. The van der Waals surface area contributed by atoms with Gasteiger partial charge in [-0.25, -0.2) is 0 Å². The number of carbonyl (C=O) groups is 1. The predicted octanol–water partition coefficient (Wildman–Crippen LogP) is 3.61. The predicted molar refractivity (Wildman–Crippen MR) is 75.1 cm³/mol. The molecular formula is C15H23NO2. The summed E-state index contributed by atoms with van der Waals surface area (Å²) in [5, 5.41) is 10.1. The molecule has 0 aromatic rings. The molecule has 0 atom stereocenters. The maximum absolute atomic E-state index is 12.2. The van der Waals surface area contributed by atoms with Gasteiger partial charge in [-0.2, -0.15) is 0 Å². The van der Waals surface area contributed by atoms with Crippen LogP contribution < -0.4 is 0 Å². The molecule has 0 radical (unpaired) electrons. The third-order valence-electron chi connectivity index (χ3n) is 3.04. The summed E-state index contributed by atoms with van der Waals surface area (Å²) in [7, 11) is 0. The molecule has 0 aromatic heterocycles. The molecule has 0 saturated carbocycles. The third-order valence-corrected chi connectivity index (χ3v) is 3.04. The van der Waals surface area contributed by atoms with E-state index >= 15 is 0 Å². The maximum atomic E-state index is 12.2. The Morgan fingerprint density at radius 1 is 1.50 bits per heavy atom. The minimum Gasteiger partial charge on any atom is -0.511 e. The van der Waals surface area contributed by atoms with Crippen LogP contribution in [0.2, 0.25) is 0 Å². The Balaban J connectivity index is 3.10. The van der Waals surface area contributed by atoms with Gasteiger partial charge in [-0.1, -0.05) is 33.3 Å². The first kappa shape index (κ1) is 14.7. The third kappa shape index (κ3) is 3.56. The number of allylic oxidation sites excluding steroid dienone is 2. The van der Waals surface area contributed by atoms with Gasteiger partial charge in [0, 0.05) is 18.6 Å². The Labute approximate surface area is 109 Å². The fourth-order valence-corrected chi connectivity index (χ4v) is 2.31. The zero-order chi connectivity index (χ0) is 13.8. The lowest BCUT2D eigenvalue weighted by atomic mass is 9.75. The highest BCUT2D eigenvalue weighted by Gasteiger charge is 2.34. The molecule has 100 valence electrons. The Morgan fingerprint density at radius 2 is 2.17 bits per heavy atom. The molecule has 0 unspecified atom stereocenters. The second-order valence-corrected chi connectivity index (χ2v) is 5.59. The van der Waals surface area contributed by atoms with Crippen molar-refractivity contribution >= 4 is 11.5 Å². The van der Waals surface area contributed by atoms with Gasteiger partial charge in [0.25, 0.3) is 0 Å². The number of aliphatic hydroxyl groups is 1. The van der Waals surface area contributed by atoms with Crippen LogP contribution in [0, 0.1) is 5.41 Å². The molecular weight excluding hydrogens is 226 g/mol. The van der Waals surface area contributed by atoms with E-state index in [4.69, 9.17) is 0 Å². The van der Waals surface area contributed by atoms with E-state index in [9.17, 15) is 9.90 Å². The van der Waals surface area contributed by atoms with Crippen LogP contribution in [0.1, 0.15) is 46.5 Å². The van der Waals surface area contributed by atoms with Gasteiger partial charge in [-0.05, 0) is 11.8 Å². The van der Waals surface area contributed by atoms with E-state index < -0.39 is 0 Å². The second-order valence-electron chi connectivity index (χ2n) is 5.59. The number of Topliss-reactive ketones (excluding diaryl/α,β-unsaturated/α-hetero) is 1. The molecule has 0 amide bonds. The molecule has 0 aliphatic heterocycles. The summed E-state index contributed by atoms with van der Waals surface area (Å²) in [5.41, 5.74) is 1.04. The number of aliphatic imine (C=N–C) groups is 1. The number of hydrogen-bond donors (Lipinski definition) is 1. The summed E-state index contributed by atoms with van der Waals surface area (Å²) in [4.78, 5) is 16.5. The van der Waals surface area contributed by atoms with Crippen LogP contribution in [-0.4, -0.2) is 23.1 Å². The topological polar surface area (TPSA) is 49.7 Å². The number of rotatable bonds is 5. The smallest absolute Gasteiger partial charge is 0.168 e. The van der Waals surface area contributed by atoms with Crippen LogP contribution in [0.5, 0.6) is 0 Å². The molecule has 0 spiro atoms. The zero-order valence-corrected chi connectivity index (χ0v) is 11.6. The molecule has 0 saturated heterocycles. The molecule has 0 aromatic carbocycles. The quantitative estimate of drug-likeness (QED) is 0.597. The lowest BCUT2D eigenvalue weighted by Crippen LogP contribution is -2.29. The lowest BCUT2D eigenvalue weighted by Gasteiger charge is -2.30. The fraction of sp³-hybridized carbons (Fsp3) is 0.600. The monoisotopic (exact) mass is 249 g/mol. The van der Waals surface area contributed by atoms with Crippen molar-refractivity contribution in [2.24, 2.45) is 10.4 Å². The first-order chi connectivity index (χ1) is 8.41. The molecule has 1 N–H and O–H groups in total. The van der Waals surface area contributed by atoms with E-state index in [2.05, 4.69) is 11.6 Å². The van der Waals surface area contributed by atoms with Gasteiger partial charge in [0.05, 0.1) is 12.1 Å². The normalized spacial score (nSPS) is 20.2. The van der Waals surface area contributed by atoms with Gasteiger partial charge in [0.1, 0.15) is 5.76 Å². The second kappa shape index (κ2) is 5.98. The van der Waals surface area contributed by atoms with E-state index in [0.717, 1.165) is 18.6 Å². The first-order valence-corrected chi connectivity index (χ1v) is 6.51. The van der Waals surface area contributed by atoms with Crippen LogP contribution in [0.3, 0.4) is 0 Å². The van der Waals surface area contributed by atoms with Gasteiger partial charge < -0.3 is 5.11 Å². The Kier molecular flexibility index (Phi) is 4.88. The van der Waals surface area contributed by atoms with Gasteiger partial charge in [-0.3, -0.25) is 9.79 Å². The number of hydrogen-bond acceptors (Lipinski definition) is 3. The highest BCUT2D eigenvalue weighted by molar-refractivity contribution is 6.23. The van der Waals surface area contributed by atoms with Crippen molar-refractivity contribution in [2.75, 3.05) is 6.54 Å². The van der Waals surface area contributed by atoms with Crippen molar-refractivity contribution in [3.63, 3.8) is 0 Å².